The summed E-state index contributed by atoms with van der Waals surface area (Å²) in [5.74, 6) is -0.551. The molecule has 6 nitrogen and oxygen atoms in total. The van der Waals surface area contributed by atoms with Gasteiger partial charge in [-0.05, 0) is 29.9 Å². The first-order chi connectivity index (χ1) is 11.6. The fourth-order valence-corrected chi connectivity index (χ4v) is 2.14. The Labute approximate surface area is 145 Å². The highest BCUT2D eigenvalue weighted by Crippen LogP contribution is 2.01. The molecule has 0 atom stereocenters. The van der Waals surface area contributed by atoms with E-state index in [4.69, 9.17) is 12.2 Å². The third kappa shape index (κ3) is 4.79. The summed E-state index contributed by atoms with van der Waals surface area (Å²) in [7, 11) is 0. The highest BCUT2D eigenvalue weighted by atomic mass is 32.1. The van der Waals surface area contributed by atoms with E-state index in [-0.39, 0.29) is 16.2 Å². The average molecular weight is 342 g/mol. The van der Waals surface area contributed by atoms with Crippen molar-refractivity contribution >= 4 is 23.2 Å². The van der Waals surface area contributed by atoms with E-state index in [0.29, 0.717) is 13.1 Å². The molecule has 0 radical (unpaired) electrons. The van der Waals surface area contributed by atoms with Crippen LogP contribution in [0.25, 0.3) is 0 Å². The first-order valence-corrected chi connectivity index (χ1v) is 7.71. The van der Waals surface area contributed by atoms with Crippen molar-refractivity contribution < 1.29 is 4.79 Å². The van der Waals surface area contributed by atoms with Crippen LogP contribution in [-0.2, 0) is 6.54 Å². The number of aromatic nitrogens is 1. The van der Waals surface area contributed by atoms with Gasteiger partial charge in [0.15, 0.2) is 5.11 Å². The van der Waals surface area contributed by atoms with Crippen molar-refractivity contribution in [1.29, 1.82) is 0 Å². The molecule has 2 aromatic rings. The van der Waals surface area contributed by atoms with Gasteiger partial charge in [-0.3, -0.25) is 20.4 Å². The summed E-state index contributed by atoms with van der Waals surface area (Å²) in [5.41, 5.74) is 5.58. The molecule has 0 unspecified atom stereocenters. The Balaban J connectivity index is 2.06. The van der Waals surface area contributed by atoms with Crippen LogP contribution in [0, 0.1) is 0 Å². The van der Waals surface area contributed by atoms with E-state index in [1.54, 1.807) is 18.3 Å². The van der Waals surface area contributed by atoms with Gasteiger partial charge in [-0.25, -0.2) is 0 Å². The van der Waals surface area contributed by atoms with E-state index in [1.165, 1.54) is 10.6 Å². The lowest BCUT2D eigenvalue weighted by Gasteiger charge is -2.11. The van der Waals surface area contributed by atoms with Crippen LogP contribution in [0.15, 0.2) is 66.1 Å². The number of nitrogens with one attached hydrogen (secondary N) is 3. The van der Waals surface area contributed by atoms with Crippen molar-refractivity contribution in [3.05, 3.63) is 82.8 Å². The van der Waals surface area contributed by atoms with Gasteiger partial charge in [-0.2, -0.15) is 0 Å². The molecule has 0 aliphatic heterocycles. The SMILES string of the molecule is C=CCNC(=S)NNC(=O)c1cccn(Cc2ccccc2)c1=O. The lowest BCUT2D eigenvalue weighted by molar-refractivity contribution is 0.0941. The van der Waals surface area contributed by atoms with Crippen LogP contribution < -0.4 is 21.7 Å². The van der Waals surface area contributed by atoms with Crippen LogP contribution in [-0.4, -0.2) is 22.1 Å². The summed E-state index contributed by atoms with van der Waals surface area (Å²) in [6, 6.07) is 12.7. The first-order valence-electron chi connectivity index (χ1n) is 7.30. The third-order valence-electron chi connectivity index (χ3n) is 3.16. The number of thiocarbonyl (C=S) groups is 1. The maximum atomic E-state index is 12.4. The van der Waals surface area contributed by atoms with Gasteiger partial charge < -0.3 is 9.88 Å². The van der Waals surface area contributed by atoms with Gasteiger partial charge in [0.25, 0.3) is 11.5 Å². The van der Waals surface area contributed by atoms with Gasteiger partial charge in [0.05, 0.1) is 6.54 Å². The molecule has 1 amide bonds. The third-order valence-corrected chi connectivity index (χ3v) is 3.40. The minimum Gasteiger partial charge on any atom is -0.358 e. The van der Waals surface area contributed by atoms with E-state index in [9.17, 15) is 9.59 Å². The maximum Gasteiger partial charge on any atom is 0.275 e. The second-order valence-corrected chi connectivity index (χ2v) is 5.33. The molecule has 0 spiro atoms. The van der Waals surface area contributed by atoms with Crippen LogP contribution in [0.3, 0.4) is 0 Å². The molecule has 0 aliphatic carbocycles. The van der Waals surface area contributed by atoms with E-state index < -0.39 is 5.91 Å². The number of hydrazine groups is 1. The van der Waals surface area contributed by atoms with Crippen LogP contribution in [0.1, 0.15) is 15.9 Å². The minimum absolute atomic E-state index is 0.0347. The molecule has 1 aromatic carbocycles. The summed E-state index contributed by atoms with van der Waals surface area (Å²) in [6.07, 6.45) is 3.28. The smallest absolute Gasteiger partial charge is 0.275 e. The zero-order valence-corrected chi connectivity index (χ0v) is 13.8. The molecule has 0 saturated carbocycles. The summed E-state index contributed by atoms with van der Waals surface area (Å²) in [4.78, 5) is 24.6. The number of rotatable bonds is 5. The summed E-state index contributed by atoms with van der Waals surface area (Å²) >= 11 is 4.97. The number of amides is 1. The molecule has 7 heteroatoms. The largest absolute Gasteiger partial charge is 0.358 e. The molecule has 0 saturated heterocycles. The van der Waals surface area contributed by atoms with Gasteiger partial charge in [-0.15, -0.1) is 6.58 Å². The first kappa shape index (κ1) is 17.4. The summed E-state index contributed by atoms with van der Waals surface area (Å²) in [6.45, 7) is 4.42. The number of hydrogen-bond donors (Lipinski definition) is 3. The van der Waals surface area contributed by atoms with Gasteiger partial charge in [-0.1, -0.05) is 36.4 Å². The maximum absolute atomic E-state index is 12.4. The molecule has 1 heterocycles. The quantitative estimate of drug-likeness (QED) is 0.432. The zero-order chi connectivity index (χ0) is 17.4. The van der Waals surface area contributed by atoms with E-state index in [1.807, 2.05) is 30.3 Å². The Morgan fingerprint density at radius 2 is 1.92 bits per heavy atom. The number of carbonyl (C=O) groups excluding carboxylic acids is 1. The van der Waals surface area contributed by atoms with Crippen molar-refractivity contribution in [1.82, 2.24) is 20.7 Å². The number of pyridine rings is 1. The van der Waals surface area contributed by atoms with Crippen molar-refractivity contribution in [3.63, 3.8) is 0 Å². The monoisotopic (exact) mass is 342 g/mol. The Kier molecular flexibility index (Phi) is 6.27. The Hall–Kier alpha value is -2.93. The fraction of sp³-hybridized carbons (Fsp3) is 0.118. The molecule has 24 heavy (non-hydrogen) atoms. The summed E-state index contributed by atoms with van der Waals surface area (Å²) < 4.78 is 1.48. The molecule has 1 aromatic heterocycles. The second-order valence-electron chi connectivity index (χ2n) is 4.92. The normalized spacial score (nSPS) is 9.83. The molecule has 2 rings (SSSR count). The lowest BCUT2D eigenvalue weighted by atomic mass is 10.2. The zero-order valence-electron chi connectivity index (χ0n) is 13.0. The lowest BCUT2D eigenvalue weighted by Crippen LogP contribution is -2.48. The minimum atomic E-state index is -0.551. The topological polar surface area (TPSA) is 75.2 Å². The van der Waals surface area contributed by atoms with Gasteiger partial charge in [0.2, 0.25) is 0 Å². The van der Waals surface area contributed by atoms with Crippen LogP contribution >= 0.6 is 12.2 Å². The van der Waals surface area contributed by atoms with Crippen LogP contribution in [0.2, 0.25) is 0 Å². The van der Waals surface area contributed by atoms with Crippen molar-refractivity contribution in [2.24, 2.45) is 0 Å². The molecule has 124 valence electrons. The Morgan fingerprint density at radius 1 is 1.17 bits per heavy atom. The molecular formula is C17H18N4O2S. The standard InChI is InChI=1S/C17H18N4O2S/c1-2-10-18-17(24)20-19-15(22)14-9-6-11-21(16(14)23)12-13-7-4-3-5-8-13/h2-9,11H,1,10,12H2,(H,19,22)(H2,18,20,24). The molecule has 0 aliphatic rings. The Bertz CT molecular complexity index is 787. The number of hydrogen-bond acceptors (Lipinski definition) is 3. The van der Waals surface area contributed by atoms with E-state index in [2.05, 4.69) is 22.7 Å². The van der Waals surface area contributed by atoms with E-state index >= 15 is 0 Å². The van der Waals surface area contributed by atoms with Gasteiger partial charge in [0.1, 0.15) is 5.56 Å². The fourth-order valence-electron chi connectivity index (χ4n) is 2.00. The number of benzene rings is 1. The molecular weight excluding hydrogens is 324 g/mol. The molecule has 0 fully saturated rings. The van der Waals surface area contributed by atoms with Gasteiger partial charge in [0, 0.05) is 12.7 Å². The van der Waals surface area contributed by atoms with Crippen molar-refractivity contribution in [2.75, 3.05) is 6.54 Å². The molecule has 3 N–H and O–H groups in total. The van der Waals surface area contributed by atoms with Crippen molar-refractivity contribution in [3.8, 4) is 0 Å². The predicted octanol–water partition coefficient (Wildman–Crippen LogP) is 1.19. The average Bonchev–Trinajstić information content (AvgIpc) is 2.60. The van der Waals surface area contributed by atoms with Crippen LogP contribution in [0.4, 0.5) is 0 Å². The second kappa shape index (κ2) is 8.64. The highest BCUT2D eigenvalue weighted by Gasteiger charge is 2.12. The summed E-state index contributed by atoms with van der Waals surface area (Å²) in [5, 5.41) is 3.04. The van der Waals surface area contributed by atoms with E-state index in [0.717, 1.165) is 5.56 Å². The number of carbonyl (C=O) groups is 1. The molecule has 0 bridgehead atoms. The number of nitrogens with zero attached hydrogens (tertiary/aromatic N) is 1. The van der Waals surface area contributed by atoms with Crippen LogP contribution in [0.5, 0.6) is 0 Å². The predicted molar refractivity (Wildman–Crippen MR) is 97.6 cm³/mol. The van der Waals surface area contributed by atoms with Gasteiger partial charge >= 0.3 is 0 Å². The Morgan fingerprint density at radius 3 is 2.62 bits per heavy atom. The highest BCUT2D eigenvalue weighted by molar-refractivity contribution is 7.80. The van der Waals surface area contributed by atoms with Crippen molar-refractivity contribution in [2.45, 2.75) is 6.54 Å².